The number of ether oxygens (including phenoxy) is 1. The highest BCUT2D eigenvalue weighted by Gasteiger charge is 2.29. The van der Waals surface area contributed by atoms with E-state index in [1.807, 2.05) is 0 Å². The Bertz CT molecular complexity index is 1510. The van der Waals surface area contributed by atoms with Gasteiger partial charge in [0.15, 0.2) is 23.2 Å². The lowest BCUT2D eigenvalue weighted by molar-refractivity contribution is 0.190. The summed E-state index contributed by atoms with van der Waals surface area (Å²) in [7, 11) is 0. The number of hydrogen-bond donors (Lipinski definition) is 0. The van der Waals surface area contributed by atoms with Crippen molar-refractivity contribution in [3.63, 3.8) is 0 Å². The Kier molecular flexibility index (Phi) is 12.8. The minimum Gasteiger partial charge on any atom is -0.490 e. The maximum Gasteiger partial charge on any atom is 0.201 e. The van der Waals surface area contributed by atoms with Gasteiger partial charge in [-0.2, -0.15) is 4.39 Å². The molecule has 1 unspecified atom stereocenters. The Morgan fingerprint density at radius 2 is 1.30 bits per heavy atom. The molecule has 2 aliphatic carbocycles. The van der Waals surface area contributed by atoms with Crippen molar-refractivity contribution < 1.29 is 22.3 Å². The minimum atomic E-state index is -1.02. The second kappa shape index (κ2) is 17.2. The van der Waals surface area contributed by atoms with Gasteiger partial charge in [0.2, 0.25) is 5.82 Å². The first-order valence-corrected chi connectivity index (χ1v) is 17.9. The molecular formula is C42H50F4O. The van der Waals surface area contributed by atoms with E-state index in [2.05, 4.69) is 32.1 Å². The van der Waals surface area contributed by atoms with Gasteiger partial charge in [0.1, 0.15) is 0 Å². The molecule has 5 heteroatoms. The maximum atomic E-state index is 15.5. The van der Waals surface area contributed by atoms with Crippen LogP contribution in [0.4, 0.5) is 17.6 Å². The van der Waals surface area contributed by atoms with Crippen molar-refractivity contribution >= 4 is 5.57 Å². The molecule has 0 heterocycles. The van der Waals surface area contributed by atoms with Gasteiger partial charge in [-0.15, -0.1) is 0 Å². The Balaban J connectivity index is 1.20. The van der Waals surface area contributed by atoms with Crippen molar-refractivity contribution in [3.05, 3.63) is 95.6 Å². The van der Waals surface area contributed by atoms with Crippen LogP contribution in [0, 0.1) is 41.0 Å². The van der Waals surface area contributed by atoms with E-state index >= 15 is 13.2 Å². The van der Waals surface area contributed by atoms with Crippen LogP contribution in [0.25, 0.3) is 27.8 Å². The molecular weight excluding hydrogens is 596 g/mol. The number of unbranched alkanes of at least 4 members (excludes halogenated alkanes) is 4. The molecule has 1 fully saturated rings. The summed E-state index contributed by atoms with van der Waals surface area (Å²) in [6.07, 6.45) is 22.1. The van der Waals surface area contributed by atoms with Gasteiger partial charge >= 0.3 is 0 Å². The normalized spacial score (nSPS) is 20.0. The van der Waals surface area contributed by atoms with Crippen molar-refractivity contribution in [1.29, 1.82) is 0 Å². The molecule has 0 aliphatic heterocycles. The molecule has 5 rings (SSSR count). The van der Waals surface area contributed by atoms with Crippen molar-refractivity contribution in [2.24, 2.45) is 17.8 Å². The van der Waals surface area contributed by atoms with Crippen LogP contribution in [0.15, 0.2) is 66.8 Å². The highest BCUT2D eigenvalue weighted by atomic mass is 19.2. The van der Waals surface area contributed by atoms with Gasteiger partial charge in [0.05, 0.1) is 6.61 Å². The molecule has 0 saturated heterocycles. The first kappa shape index (κ1) is 35.0. The first-order valence-electron chi connectivity index (χ1n) is 17.9. The number of hydrogen-bond acceptors (Lipinski definition) is 1. The fourth-order valence-corrected chi connectivity index (χ4v) is 7.58. The monoisotopic (exact) mass is 646 g/mol. The number of allylic oxidation sites excluding steroid dienone is 4. The Labute approximate surface area is 279 Å². The quantitative estimate of drug-likeness (QED) is 0.0962. The van der Waals surface area contributed by atoms with Crippen LogP contribution in [0.2, 0.25) is 0 Å². The average Bonchev–Trinajstić information content (AvgIpc) is 3.10. The standard InChI is InChI=1S/C42H50F4O/c1-3-5-7-8-10-28-47-38-27-26-37(41(45)42(38)46)34-22-20-33(21-23-34)36-25-24-35(39(43)40(36)44)32-18-16-31(17-19-32)30-14-12-29(13-15-30)11-9-6-4-2/h4,6,18,20-27,29-31H,3,5,7-17,19,28H2,1-2H3. The summed E-state index contributed by atoms with van der Waals surface area (Å²) in [5, 5.41) is 0. The lowest BCUT2D eigenvalue weighted by Crippen LogP contribution is -2.23. The van der Waals surface area contributed by atoms with Crippen LogP contribution in [-0.2, 0) is 0 Å². The van der Waals surface area contributed by atoms with Gasteiger partial charge in [0.25, 0.3) is 0 Å². The van der Waals surface area contributed by atoms with Crippen molar-refractivity contribution in [2.45, 2.75) is 104 Å². The van der Waals surface area contributed by atoms with E-state index < -0.39 is 23.3 Å². The first-order chi connectivity index (χ1) is 22.9. The average molecular weight is 647 g/mol. The summed E-state index contributed by atoms with van der Waals surface area (Å²) in [5.74, 6) is -1.61. The van der Waals surface area contributed by atoms with Crippen LogP contribution >= 0.6 is 0 Å². The Morgan fingerprint density at radius 3 is 1.94 bits per heavy atom. The third-order valence-electron chi connectivity index (χ3n) is 10.5. The molecule has 3 aromatic rings. The van der Waals surface area contributed by atoms with E-state index in [1.54, 1.807) is 36.4 Å². The maximum absolute atomic E-state index is 15.5. The van der Waals surface area contributed by atoms with Crippen LogP contribution in [0.1, 0.15) is 109 Å². The smallest absolute Gasteiger partial charge is 0.201 e. The third-order valence-corrected chi connectivity index (χ3v) is 10.5. The van der Waals surface area contributed by atoms with Gasteiger partial charge in [-0.3, -0.25) is 0 Å². The summed E-state index contributed by atoms with van der Waals surface area (Å²) >= 11 is 0. The summed E-state index contributed by atoms with van der Waals surface area (Å²) in [4.78, 5) is 0. The fraction of sp³-hybridized carbons (Fsp3) is 0.476. The van der Waals surface area contributed by atoms with E-state index in [0.717, 1.165) is 68.8 Å². The summed E-state index contributed by atoms with van der Waals surface area (Å²) in [6, 6.07) is 12.7. The molecule has 1 nitrogen and oxygen atoms in total. The second-order valence-corrected chi connectivity index (χ2v) is 13.6. The highest BCUT2D eigenvalue weighted by Crippen LogP contribution is 2.43. The lowest BCUT2D eigenvalue weighted by atomic mass is 9.70. The van der Waals surface area contributed by atoms with E-state index in [0.29, 0.717) is 29.2 Å². The van der Waals surface area contributed by atoms with E-state index in [-0.39, 0.29) is 16.9 Å². The molecule has 1 atom stereocenters. The fourth-order valence-electron chi connectivity index (χ4n) is 7.58. The molecule has 2 aliphatic rings. The molecule has 0 radical (unpaired) electrons. The van der Waals surface area contributed by atoms with Gasteiger partial charge < -0.3 is 4.74 Å². The van der Waals surface area contributed by atoms with Crippen LogP contribution in [0.3, 0.4) is 0 Å². The Morgan fingerprint density at radius 1 is 0.681 bits per heavy atom. The highest BCUT2D eigenvalue weighted by molar-refractivity contribution is 5.74. The number of halogens is 4. The molecule has 0 bridgehead atoms. The summed E-state index contributed by atoms with van der Waals surface area (Å²) in [6.45, 7) is 4.56. The predicted molar refractivity (Wildman–Crippen MR) is 186 cm³/mol. The SMILES string of the molecule is CC=CCCC1CCC(C2CC=C(c3ccc(-c4ccc(-c5ccc(OCCCCCCC)c(F)c5F)cc4)c(F)c3F)CC2)CC1. The Hall–Kier alpha value is -3.34. The van der Waals surface area contributed by atoms with E-state index in [1.165, 1.54) is 50.7 Å². The number of benzene rings is 3. The van der Waals surface area contributed by atoms with E-state index in [4.69, 9.17) is 4.74 Å². The van der Waals surface area contributed by atoms with Crippen molar-refractivity contribution in [2.75, 3.05) is 6.61 Å². The molecule has 0 aromatic heterocycles. The van der Waals surface area contributed by atoms with Gasteiger partial charge in [-0.05, 0) is 105 Å². The summed E-state index contributed by atoms with van der Waals surface area (Å²) in [5.41, 5.74) is 2.38. The molecule has 3 aromatic carbocycles. The van der Waals surface area contributed by atoms with Crippen LogP contribution < -0.4 is 4.74 Å². The molecule has 0 amide bonds. The largest absolute Gasteiger partial charge is 0.490 e. The van der Waals surface area contributed by atoms with Crippen LogP contribution in [0.5, 0.6) is 5.75 Å². The van der Waals surface area contributed by atoms with Gasteiger partial charge in [0, 0.05) is 16.7 Å². The summed E-state index contributed by atoms with van der Waals surface area (Å²) < 4.78 is 66.2. The van der Waals surface area contributed by atoms with Crippen LogP contribution in [-0.4, -0.2) is 6.61 Å². The molecule has 0 spiro atoms. The van der Waals surface area contributed by atoms with Crippen molar-refractivity contribution in [1.82, 2.24) is 0 Å². The third kappa shape index (κ3) is 8.77. The molecule has 252 valence electrons. The topological polar surface area (TPSA) is 9.23 Å². The van der Waals surface area contributed by atoms with E-state index in [9.17, 15) is 4.39 Å². The van der Waals surface area contributed by atoms with Gasteiger partial charge in [-0.25, -0.2) is 13.2 Å². The molecule has 0 N–H and O–H groups in total. The zero-order valence-corrected chi connectivity index (χ0v) is 28.1. The zero-order valence-electron chi connectivity index (χ0n) is 28.1. The number of rotatable bonds is 14. The molecule has 47 heavy (non-hydrogen) atoms. The molecule has 1 saturated carbocycles. The van der Waals surface area contributed by atoms with Crippen molar-refractivity contribution in [3.8, 4) is 28.0 Å². The minimum absolute atomic E-state index is 0.0892. The second-order valence-electron chi connectivity index (χ2n) is 13.6. The zero-order chi connectivity index (χ0) is 33.2. The lowest BCUT2D eigenvalue weighted by Gasteiger charge is -2.35. The predicted octanol–water partition coefficient (Wildman–Crippen LogP) is 13.3. The van der Waals surface area contributed by atoms with Gasteiger partial charge in [-0.1, -0.05) is 100 Å².